The van der Waals surface area contributed by atoms with E-state index in [0.717, 1.165) is 74.7 Å². The van der Waals surface area contributed by atoms with Crippen LogP contribution < -0.4 is 5.32 Å². The van der Waals surface area contributed by atoms with Crippen LogP contribution in [-0.4, -0.2) is 24.1 Å². The molecule has 1 saturated heterocycles. The van der Waals surface area contributed by atoms with Crippen LogP contribution in [-0.2, 0) is 16.0 Å². The van der Waals surface area contributed by atoms with Crippen molar-refractivity contribution in [1.29, 1.82) is 0 Å². The highest BCUT2D eigenvalue weighted by Gasteiger charge is 2.35. The highest BCUT2D eigenvalue weighted by atomic mass is 16.5. The molecule has 174 valence electrons. The molecule has 2 heterocycles. The quantitative estimate of drug-likeness (QED) is 0.374. The summed E-state index contributed by atoms with van der Waals surface area (Å²) < 4.78 is 5.74. The standard InChI is InChI=1S/C29H36N2O2/c1-2-3-9-24(20-27(32)31-26-14-7-12-25-13-8-17-30-28(25)26)22-29(15-18-33-19-16-29)21-23-10-5-4-6-11-23/h4-8,10-14,17,24H,2-3,9,15-16,18-22H2,1H3,(H,31,32). The number of anilines is 1. The molecule has 3 aromatic rings. The van der Waals surface area contributed by atoms with E-state index in [-0.39, 0.29) is 11.3 Å². The van der Waals surface area contributed by atoms with Crippen LogP contribution in [0.3, 0.4) is 0 Å². The van der Waals surface area contributed by atoms with Crippen LogP contribution in [0.25, 0.3) is 10.9 Å². The molecule has 0 spiro atoms. The van der Waals surface area contributed by atoms with Gasteiger partial charge in [-0.15, -0.1) is 0 Å². The number of para-hydroxylation sites is 1. The van der Waals surface area contributed by atoms with Crippen molar-refractivity contribution >= 4 is 22.5 Å². The minimum absolute atomic E-state index is 0.0937. The zero-order chi connectivity index (χ0) is 22.9. The second-order valence-electron chi connectivity index (χ2n) is 9.62. The number of unbranched alkanes of at least 4 members (excludes halogenated alkanes) is 1. The number of nitrogens with one attached hydrogen (secondary N) is 1. The molecule has 1 amide bonds. The fourth-order valence-corrected chi connectivity index (χ4v) is 5.34. The Morgan fingerprint density at radius 3 is 2.64 bits per heavy atom. The summed E-state index contributed by atoms with van der Waals surface area (Å²) in [7, 11) is 0. The summed E-state index contributed by atoms with van der Waals surface area (Å²) in [5, 5.41) is 4.21. The molecule has 4 nitrogen and oxygen atoms in total. The number of nitrogens with zero attached hydrogens (tertiary/aromatic N) is 1. The Morgan fingerprint density at radius 2 is 1.85 bits per heavy atom. The topological polar surface area (TPSA) is 51.2 Å². The van der Waals surface area contributed by atoms with Gasteiger partial charge in [-0.05, 0) is 61.1 Å². The van der Waals surface area contributed by atoms with Crippen molar-refractivity contribution < 1.29 is 9.53 Å². The molecule has 33 heavy (non-hydrogen) atoms. The molecule has 1 aliphatic heterocycles. The third-order valence-electron chi connectivity index (χ3n) is 7.04. The predicted octanol–water partition coefficient (Wildman–Crippen LogP) is 6.80. The van der Waals surface area contributed by atoms with Crippen molar-refractivity contribution in [3.05, 3.63) is 72.4 Å². The molecule has 1 aromatic heterocycles. The molecule has 4 rings (SSSR count). The maximum atomic E-state index is 13.2. The number of hydrogen-bond acceptors (Lipinski definition) is 3. The van der Waals surface area contributed by atoms with Crippen molar-refractivity contribution in [2.24, 2.45) is 11.3 Å². The molecule has 0 saturated carbocycles. The highest BCUT2D eigenvalue weighted by molar-refractivity contribution is 6.00. The van der Waals surface area contributed by atoms with Gasteiger partial charge in [-0.25, -0.2) is 0 Å². The first kappa shape index (κ1) is 23.4. The lowest BCUT2D eigenvalue weighted by Gasteiger charge is -2.40. The Labute approximate surface area is 197 Å². The monoisotopic (exact) mass is 444 g/mol. The molecule has 4 heteroatoms. The maximum absolute atomic E-state index is 13.2. The van der Waals surface area contributed by atoms with Gasteiger partial charge in [-0.2, -0.15) is 0 Å². The second kappa shape index (κ2) is 11.4. The number of amides is 1. The van der Waals surface area contributed by atoms with Crippen molar-refractivity contribution in [2.75, 3.05) is 18.5 Å². The summed E-state index contributed by atoms with van der Waals surface area (Å²) in [5.74, 6) is 0.464. The number of rotatable bonds is 10. The number of carbonyl (C=O) groups excluding carboxylic acids is 1. The fourth-order valence-electron chi connectivity index (χ4n) is 5.34. The third kappa shape index (κ3) is 6.42. The molecular weight excluding hydrogens is 408 g/mol. The lowest BCUT2D eigenvalue weighted by molar-refractivity contribution is -0.117. The van der Waals surface area contributed by atoms with E-state index in [4.69, 9.17) is 4.74 Å². The Bertz CT molecular complexity index is 1020. The molecule has 0 bridgehead atoms. The third-order valence-corrected chi connectivity index (χ3v) is 7.04. The van der Waals surface area contributed by atoms with E-state index in [2.05, 4.69) is 47.6 Å². The molecule has 0 aliphatic carbocycles. The van der Waals surface area contributed by atoms with Crippen LogP contribution in [0.5, 0.6) is 0 Å². The van der Waals surface area contributed by atoms with E-state index in [0.29, 0.717) is 12.3 Å². The number of fused-ring (bicyclic) bond motifs is 1. The summed E-state index contributed by atoms with van der Waals surface area (Å²) in [4.78, 5) is 17.7. The summed E-state index contributed by atoms with van der Waals surface area (Å²) >= 11 is 0. The number of ether oxygens (including phenoxy) is 1. The van der Waals surface area contributed by atoms with Crippen LogP contribution in [0.2, 0.25) is 0 Å². The fraction of sp³-hybridized carbons (Fsp3) is 0.448. The minimum atomic E-state index is 0.0937. The van der Waals surface area contributed by atoms with Gasteiger partial charge in [-0.1, -0.05) is 68.3 Å². The zero-order valence-electron chi connectivity index (χ0n) is 19.8. The van der Waals surface area contributed by atoms with E-state index in [1.165, 1.54) is 5.56 Å². The largest absolute Gasteiger partial charge is 0.381 e. The first-order chi connectivity index (χ1) is 16.2. The van der Waals surface area contributed by atoms with Gasteiger partial charge in [0.2, 0.25) is 5.91 Å². The summed E-state index contributed by atoms with van der Waals surface area (Å²) in [5.41, 5.74) is 3.25. The SMILES string of the molecule is CCCCC(CC(=O)Nc1cccc2cccnc12)CC1(Cc2ccccc2)CCOCC1. The van der Waals surface area contributed by atoms with Crippen LogP contribution in [0.4, 0.5) is 5.69 Å². The van der Waals surface area contributed by atoms with Crippen LogP contribution in [0, 0.1) is 11.3 Å². The van der Waals surface area contributed by atoms with Gasteiger partial charge >= 0.3 is 0 Å². The molecule has 1 fully saturated rings. The normalized spacial score (nSPS) is 16.4. The van der Waals surface area contributed by atoms with Gasteiger partial charge in [0, 0.05) is 31.2 Å². The van der Waals surface area contributed by atoms with Gasteiger partial charge in [0.1, 0.15) is 0 Å². The zero-order valence-corrected chi connectivity index (χ0v) is 19.8. The average molecular weight is 445 g/mol. The van der Waals surface area contributed by atoms with Crippen molar-refractivity contribution in [2.45, 2.75) is 58.3 Å². The van der Waals surface area contributed by atoms with E-state index < -0.39 is 0 Å². The summed E-state index contributed by atoms with van der Waals surface area (Å²) in [6.07, 6.45) is 10.0. The van der Waals surface area contributed by atoms with Crippen LogP contribution in [0.1, 0.15) is 57.4 Å². The van der Waals surface area contributed by atoms with Gasteiger partial charge < -0.3 is 10.1 Å². The number of hydrogen-bond donors (Lipinski definition) is 1. The summed E-state index contributed by atoms with van der Waals surface area (Å²) in [6, 6.07) is 20.7. The minimum Gasteiger partial charge on any atom is -0.381 e. The van der Waals surface area contributed by atoms with E-state index in [1.807, 2.05) is 30.3 Å². The molecule has 1 atom stereocenters. The van der Waals surface area contributed by atoms with Crippen molar-refractivity contribution in [3.8, 4) is 0 Å². The summed E-state index contributed by atoms with van der Waals surface area (Å²) in [6.45, 7) is 3.87. The first-order valence-electron chi connectivity index (χ1n) is 12.4. The predicted molar refractivity (Wildman–Crippen MR) is 135 cm³/mol. The Morgan fingerprint density at radius 1 is 1.06 bits per heavy atom. The van der Waals surface area contributed by atoms with E-state index in [1.54, 1.807) is 6.20 Å². The molecule has 1 unspecified atom stereocenters. The number of carbonyl (C=O) groups is 1. The Kier molecular flexibility index (Phi) is 8.11. The van der Waals surface area contributed by atoms with Crippen molar-refractivity contribution in [3.63, 3.8) is 0 Å². The van der Waals surface area contributed by atoms with Gasteiger partial charge in [0.25, 0.3) is 0 Å². The molecule has 1 N–H and O–H groups in total. The highest BCUT2D eigenvalue weighted by Crippen LogP contribution is 2.42. The first-order valence-corrected chi connectivity index (χ1v) is 12.4. The molecule has 0 radical (unpaired) electrons. The van der Waals surface area contributed by atoms with E-state index in [9.17, 15) is 4.79 Å². The maximum Gasteiger partial charge on any atom is 0.224 e. The molecule has 2 aromatic carbocycles. The molecule has 1 aliphatic rings. The Balaban J connectivity index is 1.48. The molecular formula is C29H36N2O2. The number of pyridine rings is 1. The lowest BCUT2D eigenvalue weighted by Crippen LogP contribution is -2.34. The second-order valence-corrected chi connectivity index (χ2v) is 9.62. The van der Waals surface area contributed by atoms with Gasteiger partial charge in [0.15, 0.2) is 0 Å². The van der Waals surface area contributed by atoms with E-state index >= 15 is 0 Å². The smallest absolute Gasteiger partial charge is 0.224 e. The van der Waals surface area contributed by atoms with Crippen LogP contribution >= 0.6 is 0 Å². The van der Waals surface area contributed by atoms with Crippen molar-refractivity contribution in [1.82, 2.24) is 4.98 Å². The number of aromatic nitrogens is 1. The Hall–Kier alpha value is -2.72. The van der Waals surface area contributed by atoms with Crippen LogP contribution in [0.15, 0.2) is 66.9 Å². The number of benzene rings is 2. The van der Waals surface area contributed by atoms with Gasteiger partial charge in [0.05, 0.1) is 11.2 Å². The van der Waals surface area contributed by atoms with Gasteiger partial charge in [-0.3, -0.25) is 9.78 Å². The lowest BCUT2D eigenvalue weighted by atomic mass is 9.68. The average Bonchev–Trinajstić information content (AvgIpc) is 2.84.